The molecule has 0 aliphatic carbocycles. The number of benzene rings is 2. The molecular formula is C27H33N3O4S2. The van der Waals surface area contributed by atoms with E-state index in [0.29, 0.717) is 36.9 Å². The van der Waals surface area contributed by atoms with Crippen molar-refractivity contribution in [3.8, 4) is 5.19 Å². The number of hydrogen-bond donors (Lipinski definition) is 0. The molecule has 9 heteroatoms. The SMILES string of the molecule is Cc1ccc(C)c2sc(OC3CCN(C(=O)c4ccc(S(=O)(=O)N5CCCCCC5)cc4)CC3)nc12. The van der Waals surface area contributed by atoms with Crippen LogP contribution in [-0.4, -0.2) is 60.8 Å². The highest BCUT2D eigenvalue weighted by Crippen LogP contribution is 2.33. The lowest BCUT2D eigenvalue weighted by Crippen LogP contribution is -2.41. The van der Waals surface area contributed by atoms with Gasteiger partial charge < -0.3 is 9.64 Å². The number of sulfonamides is 1. The molecule has 1 amide bonds. The molecule has 0 spiro atoms. The fourth-order valence-electron chi connectivity index (χ4n) is 4.99. The van der Waals surface area contributed by atoms with Gasteiger partial charge in [0.05, 0.1) is 15.1 Å². The minimum Gasteiger partial charge on any atom is -0.467 e. The number of piperidine rings is 1. The zero-order chi connectivity index (χ0) is 25.3. The Kier molecular flexibility index (Phi) is 7.32. The third-order valence-corrected chi connectivity index (χ3v) is 10.2. The Balaban J connectivity index is 1.19. The number of amides is 1. The van der Waals surface area contributed by atoms with Gasteiger partial charge in [-0.25, -0.2) is 13.4 Å². The van der Waals surface area contributed by atoms with Gasteiger partial charge in [0.25, 0.3) is 11.1 Å². The third-order valence-electron chi connectivity index (χ3n) is 7.22. The lowest BCUT2D eigenvalue weighted by atomic mass is 10.1. The first-order chi connectivity index (χ1) is 17.3. The number of rotatable bonds is 5. The van der Waals surface area contributed by atoms with Gasteiger partial charge in [-0.2, -0.15) is 4.31 Å². The summed E-state index contributed by atoms with van der Waals surface area (Å²) in [5.41, 5.74) is 3.87. The number of ether oxygens (including phenoxy) is 1. The van der Waals surface area contributed by atoms with Gasteiger partial charge in [0.15, 0.2) is 0 Å². The molecule has 3 aromatic rings. The summed E-state index contributed by atoms with van der Waals surface area (Å²) in [6.45, 7) is 6.48. The Labute approximate surface area is 217 Å². The minimum atomic E-state index is -3.52. The number of aryl methyl sites for hydroxylation is 2. The summed E-state index contributed by atoms with van der Waals surface area (Å²) in [5, 5.41) is 0.688. The van der Waals surface area contributed by atoms with E-state index in [1.807, 2.05) is 4.90 Å². The fraction of sp³-hybridized carbons (Fsp3) is 0.481. The van der Waals surface area contributed by atoms with Crippen molar-refractivity contribution in [1.29, 1.82) is 0 Å². The monoisotopic (exact) mass is 527 g/mol. The predicted octanol–water partition coefficient (Wildman–Crippen LogP) is 5.16. The smallest absolute Gasteiger partial charge is 0.274 e. The van der Waals surface area contributed by atoms with Crippen LogP contribution in [0.3, 0.4) is 0 Å². The van der Waals surface area contributed by atoms with Gasteiger partial charge in [0.2, 0.25) is 10.0 Å². The molecular weight excluding hydrogens is 494 g/mol. The maximum Gasteiger partial charge on any atom is 0.274 e. The summed E-state index contributed by atoms with van der Waals surface area (Å²) < 4.78 is 35.0. The van der Waals surface area contributed by atoms with Crippen LogP contribution in [0.15, 0.2) is 41.3 Å². The van der Waals surface area contributed by atoms with Crippen LogP contribution < -0.4 is 4.74 Å². The van der Waals surface area contributed by atoms with Crippen molar-refractivity contribution in [1.82, 2.24) is 14.2 Å². The van der Waals surface area contributed by atoms with Gasteiger partial charge in [-0.15, -0.1) is 0 Å². The molecule has 0 radical (unpaired) electrons. The highest BCUT2D eigenvalue weighted by atomic mass is 32.2. The number of nitrogens with zero attached hydrogens (tertiary/aromatic N) is 3. The van der Waals surface area contributed by atoms with Crippen molar-refractivity contribution in [2.24, 2.45) is 0 Å². The van der Waals surface area contributed by atoms with E-state index in [4.69, 9.17) is 9.72 Å². The maximum atomic E-state index is 13.1. The first kappa shape index (κ1) is 25.2. The average molecular weight is 528 g/mol. The quantitative estimate of drug-likeness (QED) is 0.458. The second-order valence-electron chi connectivity index (χ2n) is 9.81. The van der Waals surface area contributed by atoms with Crippen molar-refractivity contribution in [3.05, 3.63) is 53.1 Å². The van der Waals surface area contributed by atoms with E-state index in [2.05, 4.69) is 26.0 Å². The predicted molar refractivity (Wildman–Crippen MR) is 142 cm³/mol. The number of fused-ring (bicyclic) bond motifs is 1. The van der Waals surface area contributed by atoms with Crippen LogP contribution in [0.5, 0.6) is 5.19 Å². The van der Waals surface area contributed by atoms with E-state index in [1.165, 1.54) is 10.3 Å². The second-order valence-corrected chi connectivity index (χ2v) is 12.7. The Morgan fingerprint density at radius 3 is 2.19 bits per heavy atom. The number of carbonyl (C=O) groups is 1. The molecule has 36 heavy (non-hydrogen) atoms. The first-order valence-corrected chi connectivity index (χ1v) is 15.0. The van der Waals surface area contributed by atoms with Crippen molar-refractivity contribution < 1.29 is 17.9 Å². The second kappa shape index (κ2) is 10.5. The average Bonchev–Trinajstić information content (AvgIpc) is 3.12. The van der Waals surface area contributed by atoms with Crippen molar-refractivity contribution in [3.63, 3.8) is 0 Å². The minimum absolute atomic E-state index is 0.0244. The zero-order valence-electron chi connectivity index (χ0n) is 20.9. The molecule has 2 fully saturated rings. The normalized spacial score (nSPS) is 18.3. The maximum absolute atomic E-state index is 13.1. The van der Waals surface area contributed by atoms with Crippen LogP contribution in [0.2, 0.25) is 0 Å². The summed E-state index contributed by atoms with van der Waals surface area (Å²) in [7, 11) is -3.52. The molecule has 0 saturated carbocycles. The lowest BCUT2D eigenvalue weighted by molar-refractivity contribution is 0.0595. The van der Waals surface area contributed by atoms with Gasteiger partial charge >= 0.3 is 0 Å². The van der Waals surface area contributed by atoms with Crippen LogP contribution >= 0.6 is 11.3 Å². The van der Waals surface area contributed by atoms with Crippen LogP contribution in [0.4, 0.5) is 0 Å². The third kappa shape index (κ3) is 5.14. The van der Waals surface area contributed by atoms with Gasteiger partial charge in [-0.1, -0.05) is 36.3 Å². The van der Waals surface area contributed by atoms with Crippen LogP contribution in [-0.2, 0) is 10.0 Å². The number of likely N-dealkylation sites (tertiary alicyclic amines) is 1. The zero-order valence-corrected chi connectivity index (χ0v) is 22.5. The molecule has 2 saturated heterocycles. The number of thiazole rings is 1. The van der Waals surface area contributed by atoms with E-state index in [0.717, 1.165) is 49.6 Å². The summed E-state index contributed by atoms with van der Waals surface area (Å²) in [6, 6.07) is 10.6. The topological polar surface area (TPSA) is 79.8 Å². The molecule has 5 rings (SSSR count). The van der Waals surface area contributed by atoms with Crippen molar-refractivity contribution in [2.45, 2.75) is 63.4 Å². The Hall–Kier alpha value is -2.49. The van der Waals surface area contributed by atoms with Crippen LogP contribution in [0.25, 0.3) is 10.2 Å². The van der Waals surface area contributed by atoms with Crippen LogP contribution in [0.1, 0.15) is 60.0 Å². The van der Waals surface area contributed by atoms with Gasteiger partial charge in [0.1, 0.15) is 6.10 Å². The molecule has 2 aliphatic rings. The van der Waals surface area contributed by atoms with Gasteiger partial charge in [0, 0.05) is 44.6 Å². The first-order valence-electron chi connectivity index (χ1n) is 12.8. The van der Waals surface area contributed by atoms with E-state index >= 15 is 0 Å². The highest BCUT2D eigenvalue weighted by Gasteiger charge is 2.28. The summed E-state index contributed by atoms with van der Waals surface area (Å²) in [4.78, 5) is 19.9. The van der Waals surface area contributed by atoms with Gasteiger partial charge in [-0.3, -0.25) is 4.79 Å². The van der Waals surface area contributed by atoms with Crippen LogP contribution in [0, 0.1) is 13.8 Å². The van der Waals surface area contributed by atoms with E-state index in [9.17, 15) is 13.2 Å². The molecule has 192 valence electrons. The molecule has 2 aromatic carbocycles. The number of aromatic nitrogens is 1. The molecule has 1 aromatic heterocycles. The molecule has 0 unspecified atom stereocenters. The molecule has 2 aliphatic heterocycles. The molecule has 0 bridgehead atoms. The summed E-state index contributed by atoms with van der Waals surface area (Å²) >= 11 is 1.58. The van der Waals surface area contributed by atoms with Crippen molar-refractivity contribution in [2.75, 3.05) is 26.2 Å². The largest absolute Gasteiger partial charge is 0.467 e. The molecule has 3 heterocycles. The molecule has 0 N–H and O–H groups in total. The Morgan fingerprint density at radius 2 is 1.56 bits per heavy atom. The van der Waals surface area contributed by atoms with E-state index in [-0.39, 0.29) is 16.9 Å². The van der Waals surface area contributed by atoms with E-state index in [1.54, 1.807) is 39.9 Å². The number of carbonyl (C=O) groups excluding carboxylic acids is 1. The molecule has 0 atom stereocenters. The van der Waals surface area contributed by atoms with Crippen molar-refractivity contribution >= 4 is 37.5 Å². The molecule has 7 nitrogen and oxygen atoms in total. The fourth-order valence-corrected chi connectivity index (χ4v) is 7.54. The lowest BCUT2D eigenvalue weighted by Gasteiger charge is -2.31. The summed E-state index contributed by atoms with van der Waals surface area (Å²) in [5.74, 6) is -0.0709. The highest BCUT2D eigenvalue weighted by molar-refractivity contribution is 7.89. The Morgan fingerprint density at radius 1 is 0.917 bits per heavy atom. The van der Waals surface area contributed by atoms with Gasteiger partial charge in [-0.05, 0) is 62.1 Å². The summed E-state index contributed by atoms with van der Waals surface area (Å²) in [6.07, 6.45) is 5.43. The number of hydrogen-bond acceptors (Lipinski definition) is 6. The standard InChI is InChI=1S/C27H33N3O4S2/c1-19-7-8-20(2)25-24(19)28-27(35-25)34-22-13-17-29(18-14-22)26(31)21-9-11-23(12-10-21)36(32,33)30-15-5-3-4-6-16-30/h7-12,22H,3-6,13-18H2,1-2H3. The van der Waals surface area contributed by atoms with E-state index < -0.39 is 10.0 Å². The Bertz CT molecular complexity index is 1300.